The van der Waals surface area contributed by atoms with Crippen molar-refractivity contribution in [3.05, 3.63) is 81.1 Å². The van der Waals surface area contributed by atoms with Gasteiger partial charge >= 0.3 is 5.82 Å². The minimum Gasteiger partial charge on any atom is -0.358 e. The van der Waals surface area contributed by atoms with Gasteiger partial charge in [-0.25, -0.2) is 0 Å². The lowest BCUT2D eigenvalue weighted by atomic mass is 10.0. The number of rotatable bonds is 5. The summed E-state index contributed by atoms with van der Waals surface area (Å²) in [7, 11) is 0. The largest absolute Gasteiger partial charge is 0.362 e. The summed E-state index contributed by atoms with van der Waals surface area (Å²) in [5.74, 6) is -0.940. The van der Waals surface area contributed by atoms with Crippen LogP contribution in [0.1, 0.15) is 16.1 Å². The molecule has 10 heteroatoms. The van der Waals surface area contributed by atoms with Crippen LogP contribution in [0.4, 0.5) is 11.6 Å². The van der Waals surface area contributed by atoms with Gasteiger partial charge in [-0.05, 0) is 21.3 Å². The highest BCUT2D eigenvalue weighted by Gasteiger charge is 2.25. The number of amides is 1. The van der Waals surface area contributed by atoms with Gasteiger partial charge in [0.05, 0.1) is 6.54 Å². The number of hydrogen-bond donors (Lipinski definition) is 2. The smallest absolute Gasteiger partial charge is 0.358 e. The van der Waals surface area contributed by atoms with Crippen LogP contribution in [0.5, 0.6) is 0 Å². The van der Waals surface area contributed by atoms with Gasteiger partial charge in [0.2, 0.25) is 0 Å². The van der Waals surface area contributed by atoms with Gasteiger partial charge in [0.25, 0.3) is 5.91 Å². The molecule has 0 spiro atoms. The second kappa shape index (κ2) is 7.12. The lowest BCUT2D eigenvalue weighted by molar-refractivity contribution is -0.389. The third-order valence-electron chi connectivity index (χ3n) is 4.18. The number of nitrogens with zero attached hydrogens (tertiary/aromatic N) is 4. The quantitative estimate of drug-likeness (QED) is 0.394. The Morgan fingerprint density at radius 1 is 1.21 bits per heavy atom. The van der Waals surface area contributed by atoms with E-state index in [0.29, 0.717) is 6.54 Å². The minimum atomic E-state index is -0.745. The van der Waals surface area contributed by atoms with Gasteiger partial charge in [-0.15, -0.1) is 5.10 Å². The molecule has 0 unspecified atom stereocenters. The van der Waals surface area contributed by atoms with E-state index < -0.39 is 16.6 Å². The first-order valence-electron chi connectivity index (χ1n) is 8.22. The number of carbonyl (C=O) groups excluding carboxylic acids is 1. The van der Waals surface area contributed by atoms with Crippen LogP contribution in [-0.2, 0) is 6.54 Å². The Bertz CT molecular complexity index is 1190. The summed E-state index contributed by atoms with van der Waals surface area (Å²) in [4.78, 5) is 22.3. The molecule has 4 aromatic rings. The number of carbonyl (C=O) groups is 1. The van der Waals surface area contributed by atoms with Gasteiger partial charge < -0.3 is 15.4 Å². The van der Waals surface area contributed by atoms with E-state index in [-0.39, 0.29) is 16.5 Å². The van der Waals surface area contributed by atoms with Gasteiger partial charge in [-0.2, -0.15) is 5.10 Å². The van der Waals surface area contributed by atoms with E-state index in [9.17, 15) is 14.9 Å². The number of aromatic amines is 1. The zero-order valence-corrected chi connectivity index (χ0v) is 15.1. The molecule has 0 atom stereocenters. The van der Waals surface area contributed by atoms with E-state index in [4.69, 9.17) is 11.6 Å². The summed E-state index contributed by atoms with van der Waals surface area (Å²) in [6.45, 7) is 0.520. The Balaban J connectivity index is 1.52. The van der Waals surface area contributed by atoms with Crippen molar-refractivity contribution in [2.24, 2.45) is 0 Å². The molecule has 2 heterocycles. The van der Waals surface area contributed by atoms with Gasteiger partial charge in [-0.1, -0.05) is 59.2 Å². The normalized spacial score (nSPS) is 10.9. The van der Waals surface area contributed by atoms with Gasteiger partial charge in [0.1, 0.15) is 0 Å². The number of hydrogen-bond acceptors (Lipinski definition) is 5. The highest BCUT2D eigenvalue weighted by atomic mass is 35.5. The monoisotopic (exact) mass is 396 g/mol. The molecule has 0 fully saturated rings. The fraction of sp³-hybridized carbons (Fsp3) is 0.0556. The maximum absolute atomic E-state index is 12.3. The van der Waals surface area contributed by atoms with E-state index in [1.165, 1.54) is 0 Å². The first-order chi connectivity index (χ1) is 13.5. The van der Waals surface area contributed by atoms with Crippen molar-refractivity contribution >= 4 is 39.9 Å². The van der Waals surface area contributed by atoms with Crippen LogP contribution < -0.4 is 5.32 Å². The molecule has 140 valence electrons. The van der Waals surface area contributed by atoms with Crippen molar-refractivity contribution in [1.29, 1.82) is 0 Å². The van der Waals surface area contributed by atoms with Crippen LogP contribution >= 0.6 is 11.6 Å². The molecule has 2 aromatic heterocycles. The average molecular weight is 397 g/mol. The third kappa shape index (κ3) is 3.30. The maximum atomic E-state index is 12.3. The minimum absolute atomic E-state index is 0.267. The van der Waals surface area contributed by atoms with Gasteiger partial charge in [0, 0.05) is 12.3 Å². The molecule has 0 radical (unpaired) electrons. The molecule has 0 aliphatic rings. The molecule has 0 aliphatic carbocycles. The molecule has 28 heavy (non-hydrogen) atoms. The molecule has 0 aliphatic heterocycles. The summed E-state index contributed by atoms with van der Waals surface area (Å²) >= 11 is 5.83. The Morgan fingerprint density at radius 3 is 2.79 bits per heavy atom. The van der Waals surface area contributed by atoms with Crippen LogP contribution in [-0.4, -0.2) is 30.8 Å². The van der Waals surface area contributed by atoms with Crippen molar-refractivity contribution in [2.45, 2.75) is 6.54 Å². The molecule has 2 N–H and O–H groups in total. The first-order valence-corrected chi connectivity index (χ1v) is 8.60. The molecular formula is C18H13ClN6O3. The molecular weight excluding hydrogens is 384 g/mol. The van der Waals surface area contributed by atoms with Crippen molar-refractivity contribution in [3.8, 4) is 0 Å². The highest BCUT2D eigenvalue weighted by Crippen LogP contribution is 2.25. The van der Waals surface area contributed by atoms with Crippen LogP contribution in [0.2, 0.25) is 5.02 Å². The molecule has 9 nitrogen and oxygen atoms in total. The number of nitrogens with one attached hydrogen (secondary N) is 2. The zero-order chi connectivity index (χ0) is 19.7. The standard InChI is InChI=1S/C18H13ClN6O3/c19-15-16(21-22-17(15)25(27)28)18(26)20-14-8-9-24(23-14)10-12-6-3-5-11-4-1-2-7-13(11)12/h1-9H,10H2,(H,21,22)(H,20,23,26). The zero-order valence-electron chi connectivity index (χ0n) is 14.3. The lowest BCUT2D eigenvalue weighted by Gasteiger charge is -2.06. The molecule has 1 amide bonds. The van der Waals surface area contributed by atoms with Crippen LogP contribution in [0.3, 0.4) is 0 Å². The van der Waals surface area contributed by atoms with Gasteiger partial charge in [-0.3, -0.25) is 9.48 Å². The van der Waals surface area contributed by atoms with Crippen LogP contribution in [0, 0.1) is 10.1 Å². The number of benzene rings is 2. The average Bonchev–Trinajstić information content (AvgIpc) is 3.28. The summed E-state index contributed by atoms with van der Waals surface area (Å²) < 4.78 is 1.69. The number of fused-ring (bicyclic) bond motifs is 1. The van der Waals surface area contributed by atoms with Crippen molar-refractivity contribution in [2.75, 3.05) is 5.32 Å². The number of halogens is 1. The summed E-state index contributed by atoms with van der Waals surface area (Å²) in [6.07, 6.45) is 1.73. The van der Waals surface area contributed by atoms with Crippen molar-refractivity contribution < 1.29 is 9.72 Å². The molecule has 0 saturated carbocycles. The summed E-state index contributed by atoms with van der Waals surface area (Å²) in [5, 5.41) is 25.3. The van der Waals surface area contributed by atoms with Crippen molar-refractivity contribution in [3.63, 3.8) is 0 Å². The number of H-pyrrole nitrogens is 1. The summed E-state index contributed by atoms with van der Waals surface area (Å²) in [5.41, 5.74) is 0.821. The highest BCUT2D eigenvalue weighted by molar-refractivity contribution is 6.35. The van der Waals surface area contributed by atoms with E-state index in [1.807, 2.05) is 42.5 Å². The number of anilines is 1. The Kier molecular flexibility index (Phi) is 4.50. The maximum Gasteiger partial charge on any atom is 0.362 e. The predicted octanol–water partition coefficient (Wildman–Crippen LogP) is 3.62. The first kappa shape index (κ1) is 17.7. The van der Waals surface area contributed by atoms with E-state index in [1.54, 1.807) is 16.9 Å². The van der Waals surface area contributed by atoms with E-state index >= 15 is 0 Å². The van der Waals surface area contributed by atoms with E-state index in [0.717, 1.165) is 16.3 Å². The second-order valence-electron chi connectivity index (χ2n) is 5.98. The predicted molar refractivity (Wildman–Crippen MR) is 103 cm³/mol. The van der Waals surface area contributed by atoms with Crippen LogP contribution in [0.15, 0.2) is 54.7 Å². The fourth-order valence-electron chi connectivity index (χ4n) is 2.89. The second-order valence-corrected chi connectivity index (χ2v) is 6.36. The molecule has 4 rings (SSSR count). The fourth-order valence-corrected chi connectivity index (χ4v) is 3.13. The Labute approximate surface area is 163 Å². The Morgan fingerprint density at radius 2 is 2.00 bits per heavy atom. The Hall–Kier alpha value is -3.72. The van der Waals surface area contributed by atoms with Crippen molar-refractivity contribution in [1.82, 2.24) is 20.0 Å². The van der Waals surface area contributed by atoms with Gasteiger partial charge in [0.15, 0.2) is 16.5 Å². The molecule has 0 bridgehead atoms. The molecule has 0 saturated heterocycles. The van der Waals surface area contributed by atoms with E-state index in [2.05, 4.69) is 20.6 Å². The lowest BCUT2D eigenvalue weighted by Crippen LogP contribution is -2.14. The number of aromatic nitrogens is 4. The molecule has 2 aromatic carbocycles. The van der Waals surface area contributed by atoms with Crippen LogP contribution in [0.25, 0.3) is 10.8 Å². The third-order valence-corrected chi connectivity index (χ3v) is 4.54. The summed E-state index contributed by atoms with van der Waals surface area (Å²) in [6, 6.07) is 15.7. The SMILES string of the molecule is O=C(Nc1ccn(Cc2cccc3ccccc23)n1)c1n[nH]c([N+](=O)[O-])c1Cl. The number of nitro groups is 1. The topological polar surface area (TPSA) is 119 Å².